The van der Waals surface area contributed by atoms with Crippen LogP contribution in [-0.4, -0.2) is 25.4 Å². The monoisotopic (exact) mass is 321 g/mol. The number of hydrogen-bond donors (Lipinski definition) is 1. The maximum Gasteiger partial charge on any atom is 0.226 e. The lowest BCUT2D eigenvalue weighted by Gasteiger charge is -1.95. The van der Waals surface area contributed by atoms with Crippen LogP contribution in [0.15, 0.2) is 33.8 Å². The zero-order valence-electron chi connectivity index (χ0n) is 11.2. The molecular formula is C13H12ClN5OS. The molecule has 1 N–H and O–H groups in total. The summed E-state index contributed by atoms with van der Waals surface area (Å²) in [6.07, 6.45) is 0.735. The highest BCUT2D eigenvalue weighted by Crippen LogP contribution is 2.23. The average Bonchev–Trinajstić information content (AvgIpc) is 3.15. The van der Waals surface area contributed by atoms with Gasteiger partial charge in [-0.25, -0.2) is 4.98 Å². The molecule has 0 atom stereocenters. The van der Waals surface area contributed by atoms with Gasteiger partial charge in [-0.15, -0.1) is 15.3 Å². The molecule has 0 aliphatic rings. The van der Waals surface area contributed by atoms with Crippen LogP contribution < -0.4 is 0 Å². The summed E-state index contributed by atoms with van der Waals surface area (Å²) in [5.41, 5.74) is 0.935. The van der Waals surface area contributed by atoms with Gasteiger partial charge < -0.3 is 4.42 Å². The number of aromatic nitrogens is 5. The Morgan fingerprint density at radius 3 is 2.67 bits per heavy atom. The molecule has 8 heteroatoms. The third-order valence-corrected chi connectivity index (χ3v) is 3.80. The van der Waals surface area contributed by atoms with Crippen molar-refractivity contribution < 1.29 is 4.42 Å². The van der Waals surface area contributed by atoms with Crippen LogP contribution in [0.2, 0.25) is 5.02 Å². The molecular weight excluding hydrogens is 310 g/mol. The van der Waals surface area contributed by atoms with Gasteiger partial charge in [0, 0.05) is 17.0 Å². The third kappa shape index (κ3) is 3.43. The Balaban J connectivity index is 1.66. The van der Waals surface area contributed by atoms with Crippen molar-refractivity contribution >= 4 is 23.4 Å². The second-order valence-electron chi connectivity index (χ2n) is 4.21. The lowest BCUT2D eigenvalue weighted by Crippen LogP contribution is -1.82. The molecule has 3 rings (SSSR count). The second kappa shape index (κ2) is 6.28. The Labute approximate surface area is 130 Å². The predicted octanol–water partition coefficient (Wildman–Crippen LogP) is 3.36. The molecule has 108 valence electrons. The lowest BCUT2D eigenvalue weighted by molar-refractivity contribution is 0.470. The molecule has 0 radical (unpaired) electrons. The van der Waals surface area contributed by atoms with Crippen LogP contribution in [0.4, 0.5) is 0 Å². The Bertz CT molecular complexity index is 724. The minimum absolute atomic E-state index is 0.547. The largest absolute Gasteiger partial charge is 0.424 e. The highest BCUT2D eigenvalue weighted by atomic mass is 35.5. The van der Waals surface area contributed by atoms with Crippen LogP contribution in [0, 0.1) is 0 Å². The Morgan fingerprint density at radius 1 is 1.19 bits per heavy atom. The number of benzene rings is 1. The van der Waals surface area contributed by atoms with Gasteiger partial charge >= 0.3 is 0 Å². The molecule has 0 aliphatic heterocycles. The first-order chi connectivity index (χ1) is 10.2. The van der Waals surface area contributed by atoms with E-state index in [-0.39, 0.29) is 0 Å². The molecule has 0 fully saturated rings. The molecule has 2 aromatic heterocycles. The molecule has 1 aromatic carbocycles. The molecule has 21 heavy (non-hydrogen) atoms. The first-order valence-corrected chi connectivity index (χ1v) is 7.73. The molecule has 0 bridgehead atoms. The molecule has 6 nitrogen and oxygen atoms in total. The van der Waals surface area contributed by atoms with Crippen LogP contribution in [0.5, 0.6) is 0 Å². The molecule has 0 saturated carbocycles. The number of H-pyrrole nitrogens is 1. The summed E-state index contributed by atoms with van der Waals surface area (Å²) in [5, 5.41) is 16.3. The first-order valence-electron chi connectivity index (χ1n) is 6.37. The summed E-state index contributed by atoms with van der Waals surface area (Å²) in [6.45, 7) is 1.97. The van der Waals surface area contributed by atoms with Gasteiger partial charge in [0.1, 0.15) is 0 Å². The highest BCUT2D eigenvalue weighted by molar-refractivity contribution is 7.98. The number of nitrogens with zero attached hydrogens (tertiary/aromatic N) is 4. The first kappa shape index (κ1) is 14.1. The Hall–Kier alpha value is -1.86. The summed E-state index contributed by atoms with van der Waals surface area (Å²) in [4.78, 5) is 4.42. The van der Waals surface area contributed by atoms with Crippen LogP contribution in [-0.2, 0) is 12.2 Å². The molecule has 0 amide bonds. The van der Waals surface area contributed by atoms with Gasteiger partial charge in [0.05, 0.1) is 5.75 Å². The van der Waals surface area contributed by atoms with Crippen molar-refractivity contribution in [3.8, 4) is 11.4 Å². The molecule has 3 aromatic rings. The fraction of sp³-hybridized carbons (Fsp3) is 0.231. The van der Waals surface area contributed by atoms with Gasteiger partial charge in [-0.3, -0.25) is 5.10 Å². The van der Waals surface area contributed by atoms with Gasteiger partial charge in [-0.05, 0) is 24.3 Å². The Kier molecular flexibility index (Phi) is 4.21. The fourth-order valence-corrected chi connectivity index (χ4v) is 2.42. The van der Waals surface area contributed by atoms with Crippen LogP contribution >= 0.6 is 23.4 Å². The number of thioether (sulfide) groups is 1. The minimum atomic E-state index is 0.547. The number of halogens is 1. The van der Waals surface area contributed by atoms with Crippen molar-refractivity contribution in [3.63, 3.8) is 0 Å². The van der Waals surface area contributed by atoms with Gasteiger partial charge in [-0.1, -0.05) is 30.3 Å². The van der Waals surface area contributed by atoms with Gasteiger partial charge in [-0.2, -0.15) is 0 Å². The normalized spacial score (nSPS) is 11.0. The van der Waals surface area contributed by atoms with E-state index in [0.29, 0.717) is 33.5 Å². The number of aromatic amines is 1. The van der Waals surface area contributed by atoms with E-state index >= 15 is 0 Å². The van der Waals surface area contributed by atoms with Crippen molar-refractivity contribution in [2.24, 2.45) is 0 Å². The summed E-state index contributed by atoms with van der Waals surface area (Å²) >= 11 is 7.30. The third-order valence-electron chi connectivity index (χ3n) is 2.72. The molecule has 0 aliphatic carbocycles. The van der Waals surface area contributed by atoms with Crippen molar-refractivity contribution in [1.29, 1.82) is 0 Å². The predicted molar refractivity (Wildman–Crippen MR) is 80.1 cm³/mol. The quantitative estimate of drug-likeness (QED) is 0.726. The van der Waals surface area contributed by atoms with E-state index in [1.165, 1.54) is 11.8 Å². The number of rotatable bonds is 5. The van der Waals surface area contributed by atoms with Crippen molar-refractivity contribution in [3.05, 3.63) is 41.1 Å². The van der Waals surface area contributed by atoms with Gasteiger partial charge in [0.25, 0.3) is 0 Å². The maximum atomic E-state index is 5.86. The van der Waals surface area contributed by atoms with Gasteiger partial charge in [0.2, 0.25) is 16.9 Å². The lowest BCUT2D eigenvalue weighted by atomic mass is 10.2. The smallest absolute Gasteiger partial charge is 0.226 e. The zero-order valence-corrected chi connectivity index (χ0v) is 12.8. The number of hydrogen-bond acceptors (Lipinski definition) is 6. The van der Waals surface area contributed by atoms with E-state index < -0.39 is 0 Å². The zero-order chi connectivity index (χ0) is 14.7. The van der Waals surface area contributed by atoms with E-state index in [4.69, 9.17) is 16.0 Å². The SMILES string of the molecule is CCc1nnc(CSc2n[nH]c(-c3ccc(Cl)cc3)n2)o1. The summed E-state index contributed by atoms with van der Waals surface area (Å²) in [6, 6.07) is 7.42. The van der Waals surface area contributed by atoms with E-state index in [1.54, 1.807) is 0 Å². The Morgan fingerprint density at radius 2 is 1.95 bits per heavy atom. The standard InChI is InChI=1S/C13H12ClN5OS/c1-2-10-16-17-11(20-10)7-21-13-15-12(18-19-13)8-3-5-9(14)6-4-8/h3-6H,2,7H2,1H3,(H,15,18,19). The van der Waals surface area contributed by atoms with Crippen molar-refractivity contribution in [1.82, 2.24) is 25.4 Å². The molecule has 0 unspecified atom stereocenters. The minimum Gasteiger partial charge on any atom is -0.424 e. The van der Waals surface area contributed by atoms with Crippen molar-refractivity contribution in [2.45, 2.75) is 24.3 Å². The molecule has 0 saturated heterocycles. The van der Waals surface area contributed by atoms with E-state index in [0.717, 1.165) is 12.0 Å². The van der Waals surface area contributed by atoms with E-state index in [9.17, 15) is 0 Å². The van der Waals surface area contributed by atoms with Crippen molar-refractivity contribution in [2.75, 3.05) is 0 Å². The van der Waals surface area contributed by atoms with Crippen LogP contribution in [0.1, 0.15) is 18.7 Å². The van der Waals surface area contributed by atoms with Crippen LogP contribution in [0.25, 0.3) is 11.4 Å². The summed E-state index contributed by atoms with van der Waals surface area (Å²) in [5.74, 6) is 2.47. The highest BCUT2D eigenvalue weighted by Gasteiger charge is 2.09. The molecule has 2 heterocycles. The van der Waals surface area contributed by atoms with Gasteiger partial charge in [0.15, 0.2) is 5.82 Å². The number of nitrogens with one attached hydrogen (secondary N) is 1. The number of aryl methyl sites for hydroxylation is 1. The van der Waals surface area contributed by atoms with Crippen LogP contribution in [0.3, 0.4) is 0 Å². The maximum absolute atomic E-state index is 5.86. The second-order valence-corrected chi connectivity index (χ2v) is 5.58. The van der Waals surface area contributed by atoms with E-state index in [2.05, 4.69) is 25.4 Å². The van der Waals surface area contributed by atoms with E-state index in [1.807, 2.05) is 31.2 Å². The topological polar surface area (TPSA) is 80.5 Å². The fourth-order valence-electron chi connectivity index (χ4n) is 1.66. The molecule has 0 spiro atoms. The summed E-state index contributed by atoms with van der Waals surface area (Å²) < 4.78 is 5.44. The summed E-state index contributed by atoms with van der Waals surface area (Å²) in [7, 11) is 0. The average molecular weight is 322 g/mol.